The normalized spacial score (nSPS) is 18.1. The molecule has 0 aromatic rings. The largest absolute Gasteiger partial charge is 0.481 e. The molecule has 0 radical (unpaired) electrons. The number of rotatable bonds is 15. The van der Waals surface area contributed by atoms with E-state index in [9.17, 15) is 29.1 Å². The van der Waals surface area contributed by atoms with Gasteiger partial charge in [-0.25, -0.2) is 0 Å². The Morgan fingerprint density at radius 1 is 0.974 bits per heavy atom. The summed E-state index contributed by atoms with van der Waals surface area (Å²) in [6.07, 6.45) is 8.73. The highest BCUT2D eigenvalue weighted by atomic mass is 16.4. The van der Waals surface area contributed by atoms with Gasteiger partial charge < -0.3 is 26.4 Å². The van der Waals surface area contributed by atoms with Gasteiger partial charge in [0.15, 0.2) is 0 Å². The van der Waals surface area contributed by atoms with Crippen molar-refractivity contribution in [3.05, 3.63) is 0 Å². The number of amides is 4. The Labute approximate surface area is 232 Å². The van der Waals surface area contributed by atoms with Gasteiger partial charge in [-0.3, -0.25) is 28.9 Å². The molecule has 39 heavy (non-hydrogen) atoms. The average molecular weight is 552 g/mol. The second-order valence-corrected chi connectivity index (χ2v) is 10.9. The summed E-state index contributed by atoms with van der Waals surface area (Å²) in [5, 5.41) is 15.3. The van der Waals surface area contributed by atoms with Crippen LogP contribution in [0.2, 0.25) is 0 Å². The number of nitrogens with zero attached hydrogens (tertiary/aromatic N) is 2. The number of aliphatic carboxylic acids is 1. The third-order valence-corrected chi connectivity index (χ3v) is 7.99. The van der Waals surface area contributed by atoms with E-state index in [1.54, 1.807) is 13.8 Å². The summed E-state index contributed by atoms with van der Waals surface area (Å²) in [6.45, 7) is 5.73. The standard InChI is InChI=1S/C28H49N5O6/c1-3-31-27(38)23(17-21-9-6-5-7-10-21)33(28(39)22(29)18-26(36)37)25(35)19-32(4-2)24(34)12-8-11-20-13-15-30-16-14-20/h20-23,30H,3-19,29H2,1-2H3,(H,31,38)(H,36,37)/t22-,23-/m0/s1. The van der Waals surface area contributed by atoms with Gasteiger partial charge in [0, 0.05) is 19.5 Å². The van der Waals surface area contributed by atoms with Gasteiger partial charge in [-0.05, 0) is 70.9 Å². The first-order valence-electron chi connectivity index (χ1n) is 14.8. The third kappa shape index (κ3) is 10.9. The van der Waals surface area contributed by atoms with Gasteiger partial charge in [0.2, 0.25) is 23.6 Å². The summed E-state index contributed by atoms with van der Waals surface area (Å²) >= 11 is 0. The topological polar surface area (TPSA) is 162 Å². The molecule has 1 heterocycles. The van der Waals surface area contributed by atoms with Crippen LogP contribution in [0, 0.1) is 11.8 Å². The van der Waals surface area contributed by atoms with E-state index in [1.807, 2.05) is 0 Å². The Hall–Kier alpha value is -2.53. The van der Waals surface area contributed by atoms with Crippen molar-refractivity contribution in [2.24, 2.45) is 17.6 Å². The predicted octanol–water partition coefficient (Wildman–Crippen LogP) is 1.64. The fourth-order valence-electron chi connectivity index (χ4n) is 5.75. The maximum atomic E-state index is 13.7. The van der Waals surface area contributed by atoms with Crippen molar-refractivity contribution in [2.45, 2.75) is 103 Å². The zero-order valence-corrected chi connectivity index (χ0v) is 23.8. The van der Waals surface area contributed by atoms with Gasteiger partial charge in [0.1, 0.15) is 12.6 Å². The Bertz CT molecular complexity index is 825. The summed E-state index contributed by atoms with van der Waals surface area (Å²) < 4.78 is 0. The van der Waals surface area contributed by atoms with Crippen LogP contribution in [-0.2, 0) is 24.0 Å². The van der Waals surface area contributed by atoms with Gasteiger partial charge in [-0.1, -0.05) is 32.1 Å². The number of piperidine rings is 1. The second-order valence-electron chi connectivity index (χ2n) is 10.9. The van der Waals surface area contributed by atoms with Crippen LogP contribution in [0.15, 0.2) is 0 Å². The number of hydrogen-bond donors (Lipinski definition) is 4. The molecule has 0 aromatic carbocycles. The lowest BCUT2D eigenvalue weighted by Gasteiger charge is -2.35. The van der Waals surface area contributed by atoms with Crippen LogP contribution in [0.1, 0.15) is 90.9 Å². The summed E-state index contributed by atoms with van der Waals surface area (Å²) in [7, 11) is 0. The molecular formula is C28H49N5O6. The summed E-state index contributed by atoms with van der Waals surface area (Å²) in [5.41, 5.74) is 5.92. The second kappa shape index (κ2) is 17.2. The molecule has 4 amide bonds. The molecule has 1 saturated carbocycles. The molecule has 2 atom stereocenters. The average Bonchev–Trinajstić information content (AvgIpc) is 2.92. The van der Waals surface area contributed by atoms with Gasteiger partial charge >= 0.3 is 5.97 Å². The molecule has 2 fully saturated rings. The molecule has 0 aromatic heterocycles. The molecule has 0 bridgehead atoms. The molecule has 1 saturated heterocycles. The molecule has 1 aliphatic heterocycles. The van der Waals surface area contributed by atoms with Crippen molar-refractivity contribution in [3.63, 3.8) is 0 Å². The summed E-state index contributed by atoms with van der Waals surface area (Å²) in [5.74, 6) is -2.77. The summed E-state index contributed by atoms with van der Waals surface area (Å²) in [4.78, 5) is 66.9. The Morgan fingerprint density at radius 3 is 2.23 bits per heavy atom. The van der Waals surface area contributed by atoms with Crippen molar-refractivity contribution >= 4 is 29.6 Å². The maximum absolute atomic E-state index is 13.7. The first kappa shape index (κ1) is 32.7. The SMILES string of the molecule is CCNC(=O)[C@H](CC1CCCCC1)N(C(=O)CN(CC)C(=O)CCCC1CCNCC1)C(=O)[C@@H](N)CC(=O)O. The number of carbonyl (C=O) groups excluding carboxylic acids is 4. The zero-order valence-electron chi connectivity index (χ0n) is 23.8. The molecule has 11 nitrogen and oxygen atoms in total. The molecular weight excluding hydrogens is 502 g/mol. The van der Waals surface area contributed by atoms with Crippen molar-refractivity contribution in [2.75, 3.05) is 32.7 Å². The number of imide groups is 1. The van der Waals surface area contributed by atoms with Crippen LogP contribution in [0.4, 0.5) is 0 Å². The minimum Gasteiger partial charge on any atom is -0.481 e. The van der Waals surface area contributed by atoms with Crippen LogP contribution in [0.3, 0.4) is 0 Å². The van der Waals surface area contributed by atoms with Gasteiger partial charge in [-0.15, -0.1) is 0 Å². The lowest BCUT2D eigenvalue weighted by molar-refractivity contribution is -0.156. The summed E-state index contributed by atoms with van der Waals surface area (Å²) in [6, 6.07) is -2.59. The van der Waals surface area contributed by atoms with Crippen molar-refractivity contribution in [1.82, 2.24) is 20.4 Å². The lowest BCUT2D eigenvalue weighted by Crippen LogP contribution is -2.59. The van der Waals surface area contributed by atoms with Crippen LogP contribution in [0.5, 0.6) is 0 Å². The molecule has 5 N–H and O–H groups in total. The first-order chi connectivity index (χ1) is 18.7. The number of hydrogen-bond acceptors (Lipinski definition) is 7. The molecule has 2 aliphatic rings. The number of nitrogens with one attached hydrogen (secondary N) is 2. The van der Waals surface area contributed by atoms with E-state index < -0.39 is 42.2 Å². The van der Waals surface area contributed by atoms with Gasteiger partial charge in [-0.2, -0.15) is 0 Å². The quantitative estimate of drug-likeness (QED) is 0.239. The Kier molecular flexibility index (Phi) is 14.4. The van der Waals surface area contributed by atoms with E-state index in [0.29, 0.717) is 25.3 Å². The van der Waals surface area contributed by atoms with Crippen molar-refractivity contribution in [1.29, 1.82) is 0 Å². The fraction of sp³-hybridized carbons (Fsp3) is 0.821. The minimum atomic E-state index is -1.48. The number of carboxylic acid groups (broad SMARTS) is 1. The molecule has 222 valence electrons. The Balaban J connectivity index is 2.19. The highest BCUT2D eigenvalue weighted by Crippen LogP contribution is 2.29. The van der Waals surface area contributed by atoms with Crippen LogP contribution >= 0.6 is 0 Å². The Morgan fingerprint density at radius 2 is 1.64 bits per heavy atom. The molecule has 0 unspecified atom stereocenters. The minimum absolute atomic E-state index is 0.157. The molecule has 11 heteroatoms. The van der Waals surface area contributed by atoms with E-state index >= 15 is 0 Å². The first-order valence-corrected chi connectivity index (χ1v) is 14.8. The van der Waals surface area contributed by atoms with E-state index in [2.05, 4.69) is 10.6 Å². The lowest BCUT2D eigenvalue weighted by atomic mass is 9.84. The van der Waals surface area contributed by atoms with E-state index in [4.69, 9.17) is 5.73 Å². The molecule has 2 rings (SSSR count). The van der Waals surface area contributed by atoms with Crippen LogP contribution in [-0.4, -0.2) is 89.3 Å². The number of likely N-dealkylation sites (N-methyl/N-ethyl adjacent to an activating group) is 2. The van der Waals surface area contributed by atoms with E-state index in [1.165, 1.54) is 4.90 Å². The predicted molar refractivity (Wildman–Crippen MR) is 147 cm³/mol. The van der Waals surface area contributed by atoms with Crippen molar-refractivity contribution < 1.29 is 29.1 Å². The number of carbonyl (C=O) groups is 5. The molecule has 0 spiro atoms. The maximum Gasteiger partial charge on any atom is 0.305 e. The zero-order chi connectivity index (χ0) is 28.8. The highest BCUT2D eigenvalue weighted by molar-refractivity contribution is 6.04. The van der Waals surface area contributed by atoms with Gasteiger partial charge in [0.05, 0.1) is 12.5 Å². The molecule has 1 aliphatic carbocycles. The number of carboxylic acids is 1. The van der Waals surface area contributed by atoms with Crippen molar-refractivity contribution in [3.8, 4) is 0 Å². The van der Waals surface area contributed by atoms with Gasteiger partial charge in [0.25, 0.3) is 0 Å². The third-order valence-electron chi connectivity index (χ3n) is 7.99. The fourth-order valence-corrected chi connectivity index (χ4v) is 5.75. The van der Waals surface area contributed by atoms with Crippen LogP contribution < -0.4 is 16.4 Å². The highest BCUT2D eigenvalue weighted by Gasteiger charge is 2.39. The van der Waals surface area contributed by atoms with E-state index in [-0.39, 0.29) is 24.9 Å². The number of nitrogens with two attached hydrogens (primary N) is 1. The van der Waals surface area contributed by atoms with E-state index in [0.717, 1.165) is 75.8 Å². The smallest absolute Gasteiger partial charge is 0.305 e. The monoisotopic (exact) mass is 551 g/mol. The van der Waals surface area contributed by atoms with Crippen LogP contribution in [0.25, 0.3) is 0 Å².